The van der Waals surface area contributed by atoms with Crippen molar-refractivity contribution in [1.29, 1.82) is 0 Å². The summed E-state index contributed by atoms with van der Waals surface area (Å²) in [4.78, 5) is 6.56. The zero-order valence-corrected chi connectivity index (χ0v) is 13.2. The maximum atomic E-state index is 12.2. The van der Waals surface area contributed by atoms with Crippen LogP contribution in [0.4, 0.5) is 5.69 Å². The minimum atomic E-state index is -3.53. The number of sulfonamides is 1. The van der Waals surface area contributed by atoms with Crippen LogP contribution < -0.4 is 15.4 Å². The molecule has 0 atom stereocenters. The van der Waals surface area contributed by atoms with E-state index in [0.29, 0.717) is 24.2 Å². The summed E-state index contributed by atoms with van der Waals surface area (Å²) in [6.07, 6.45) is 0. The maximum absolute atomic E-state index is 12.2. The number of nitrogens with one attached hydrogen (secondary N) is 1. The number of aliphatic imine (C=N–C) groups is 1. The SMILES string of the molecule is NCC1CN(c2ccc(S(=O)(=O)NC3=NCCS3)cc2)C1. The smallest absolute Gasteiger partial charge is 0.263 e. The molecular weight excluding hydrogens is 308 g/mol. The van der Waals surface area contributed by atoms with E-state index in [0.717, 1.165) is 24.5 Å². The van der Waals surface area contributed by atoms with Crippen LogP contribution in [0.3, 0.4) is 0 Å². The van der Waals surface area contributed by atoms with Crippen molar-refractivity contribution < 1.29 is 8.42 Å². The number of thioether (sulfide) groups is 1. The topological polar surface area (TPSA) is 87.8 Å². The van der Waals surface area contributed by atoms with Crippen LogP contribution in [0, 0.1) is 5.92 Å². The van der Waals surface area contributed by atoms with Gasteiger partial charge in [0.1, 0.15) is 0 Å². The van der Waals surface area contributed by atoms with Crippen LogP contribution in [-0.4, -0.2) is 45.5 Å². The second-order valence-corrected chi connectivity index (χ2v) is 7.91. The fraction of sp³-hybridized carbons (Fsp3) is 0.462. The summed E-state index contributed by atoms with van der Waals surface area (Å²) in [7, 11) is -3.53. The first kappa shape index (κ1) is 14.7. The molecule has 1 aromatic rings. The molecule has 1 saturated heterocycles. The zero-order chi connectivity index (χ0) is 14.9. The molecule has 3 rings (SSSR count). The van der Waals surface area contributed by atoms with E-state index in [1.54, 1.807) is 12.1 Å². The van der Waals surface area contributed by atoms with Gasteiger partial charge in [0.2, 0.25) is 0 Å². The standard InChI is InChI=1S/C13H18N4O2S2/c14-7-10-8-17(9-10)11-1-3-12(4-2-11)21(18,19)16-13-15-5-6-20-13/h1-4,10H,5-9,14H2,(H,15,16). The van der Waals surface area contributed by atoms with Gasteiger partial charge in [0.05, 0.1) is 11.4 Å². The van der Waals surface area contributed by atoms with E-state index in [-0.39, 0.29) is 4.90 Å². The van der Waals surface area contributed by atoms with Crippen LogP contribution in [0.2, 0.25) is 0 Å². The van der Waals surface area contributed by atoms with E-state index in [9.17, 15) is 8.42 Å². The Bertz CT molecular complexity index is 637. The Morgan fingerprint density at radius 2 is 2.05 bits per heavy atom. The van der Waals surface area contributed by atoms with Crippen molar-refractivity contribution in [3.8, 4) is 0 Å². The first-order chi connectivity index (χ1) is 10.1. The van der Waals surface area contributed by atoms with Gasteiger partial charge in [-0.05, 0) is 30.8 Å². The number of benzene rings is 1. The van der Waals surface area contributed by atoms with Crippen molar-refractivity contribution in [3.63, 3.8) is 0 Å². The summed E-state index contributed by atoms with van der Waals surface area (Å²) < 4.78 is 27.0. The van der Waals surface area contributed by atoms with Crippen LogP contribution in [0.15, 0.2) is 34.2 Å². The number of nitrogens with two attached hydrogens (primary N) is 1. The second kappa shape index (κ2) is 5.86. The molecule has 0 saturated carbocycles. The Morgan fingerprint density at radius 3 is 2.62 bits per heavy atom. The number of hydrogen-bond donors (Lipinski definition) is 2. The van der Waals surface area contributed by atoms with Crippen molar-refractivity contribution in [2.24, 2.45) is 16.6 Å². The number of amidine groups is 1. The lowest BCUT2D eigenvalue weighted by Gasteiger charge is -2.40. The molecule has 0 spiro atoms. The monoisotopic (exact) mass is 326 g/mol. The predicted octanol–water partition coefficient (Wildman–Crippen LogP) is 0.463. The van der Waals surface area contributed by atoms with Gasteiger partial charge in [-0.25, -0.2) is 8.42 Å². The van der Waals surface area contributed by atoms with E-state index in [4.69, 9.17) is 5.73 Å². The van der Waals surface area contributed by atoms with E-state index < -0.39 is 10.0 Å². The van der Waals surface area contributed by atoms with Crippen LogP contribution in [-0.2, 0) is 10.0 Å². The molecule has 1 fully saturated rings. The number of nitrogens with zero attached hydrogens (tertiary/aromatic N) is 2. The average Bonchev–Trinajstić information content (AvgIpc) is 2.90. The normalized spacial score (nSPS) is 19.3. The molecule has 2 heterocycles. The Labute approximate surface area is 128 Å². The number of hydrogen-bond acceptors (Lipinski definition) is 6. The summed E-state index contributed by atoms with van der Waals surface area (Å²) in [5.41, 5.74) is 6.64. The molecule has 114 valence electrons. The Balaban J connectivity index is 1.68. The van der Waals surface area contributed by atoms with Crippen molar-refractivity contribution >= 4 is 32.6 Å². The molecule has 6 nitrogen and oxygen atoms in total. The van der Waals surface area contributed by atoms with E-state index in [1.165, 1.54) is 11.8 Å². The van der Waals surface area contributed by atoms with Gasteiger partial charge in [0.25, 0.3) is 10.0 Å². The summed E-state index contributed by atoms with van der Waals surface area (Å²) >= 11 is 1.43. The minimum Gasteiger partial charge on any atom is -0.371 e. The Hall–Kier alpha value is -1.25. The van der Waals surface area contributed by atoms with Gasteiger partial charge in [0, 0.05) is 30.4 Å². The first-order valence-electron chi connectivity index (χ1n) is 6.83. The van der Waals surface area contributed by atoms with E-state index >= 15 is 0 Å². The van der Waals surface area contributed by atoms with Gasteiger partial charge < -0.3 is 10.6 Å². The summed E-state index contributed by atoms with van der Waals surface area (Å²) in [5, 5.41) is 0.479. The van der Waals surface area contributed by atoms with Crippen molar-refractivity contribution in [2.75, 3.05) is 36.8 Å². The summed E-state index contributed by atoms with van der Waals surface area (Å²) in [6.45, 7) is 3.24. The fourth-order valence-electron chi connectivity index (χ4n) is 2.34. The highest BCUT2D eigenvalue weighted by molar-refractivity contribution is 8.15. The molecule has 0 aliphatic carbocycles. The molecule has 0 aromatic heterocycles. The van der Waals surface area contributed by atoms with Crippen molar-refractivity contribution in [1.82, 2.24) is 4.72 Å². The Kier molecular flexibility index (Phi) is 4.10. The second-order valence-electron chi connectivity index (χ2n) is 5.14. The summed E-state index contributed by atoms with van der Waals surface area (Å²) in [6, 6.07) is 6.94. The average molecular weight is 326 g/mol. The minimum absolute atomic E-state index is 0.261. The van der Waals surface area contributed by atoms with Gasteiger partial charge in [0.15, 0.2) is 5.17 Å². The van der Waals surface area contributed by atoms with Crippen molar-refractivity contribution in [3.05, 3.63) is 24.3 Å². The molecule has 2 aliphatic rings. The maximum Gasteiger partial charge on any atom is 0.263 e. The van der Waals surface area contributed by atoms with E-state index in [2.05, 4.69) is 14.6 Å². The van der Waals surface area contributed by atoms with Gasteiger partial charge in [-0.2, -0.15) is 0 Å². The molecular formula is C13H18N4O2S2. The first-order valence-corrected chi connectivity index (χ1v) is 9.30. The lowest BCUT2D eigenvalue weighted by Crippen LogP contribution is -2.49. The highest BCUT2D eigenvalue weighted by Gasteiger charge is 2.26. The third-order valence-corrected chi connectivity index (χ3v) is 5.99. The number of anilines is 1. The molecule has 0 bridgehead atoms. The predicted molar refractivity (Wildman–Crippen MR) is 86.3 cm³/mol. The van der Waals surface area contributed by atoms with Gasteiger partial charge in [-0.3, -0.25) is 9.71 Å². The highest BCUT2D eigenvalue weighted by Crippen LogP contribution is 2.25. The third-order valence-electron chi connectivity index (χ3n) is 3.61. The van der Waals surface area contributed by atoms with Crippen LogP contribution in [0.1, 0.15) is 0 Å². The quantitative estimate of drug-likeness (QED) is 0.839. The zero-order valence-electron chi connectivity index (χ0n) is 11.5. The van der Waals surface area contributed by atoms with Crippen LogP contribution in [0.25, 0.3) is 0 Å². The molecule has 8 heteroatoms. The lowest BCUT2D eigenvalue weighted by molar-refractivity contribution is 0.420. The van der Waals surface area contributed by atoms with Gasteiger partial charge in [-0.15, -0.1) is 0 Å². The molecule has 0 radical (unpaired) electrons. The van der Waals surface area contributed by atoms with Gasteiger partial charge in [-0.1, -0.05) is 11.8 Å². The molecule has 0 unspecified atom stereocenters. The number of rotatable bonds is 4. The lowest BCUT2D eigenvalue weighted by atomic mass is 10.00. The van der Waals surface area contributed by atoms with Crippen molar-refractivity contribution in [2.45, 2.75) is 4.90 Å². The van der Waals surface area contributed by atoms with Gasteiger partial charge >= 0.3 is 0 Å². The van der Waals surface area contributed by atoms with E-state index in [1.807, 2.05) is 12.1 Å². The fourth-order valence-corrected chi connectivity index (χ4v) is 4.37. The molecule has 21 heavy (non-hydrogen) atoms. The summed E-state index contributed by atoms with van der Waals surface area (Å²) in [5.74, 6) is 1.38. The third kappa shape index (κ3) is 3.17. The largest absolute Gasteiger partial charge is 0.371 e. The molecule has 2 aliphatic heterocycles. The van der Waals surface area contributed by atoms with Crippen LogP contribution in [0.5, 0.6) is 0 Å². The molecule has 1 aromatic carbocycles. The Morgan fingerprint density at radius 1 is 1.33 bits per heavy atom. The molecule has 0 amide bonds. The van der Waals surface area contributed by atoms with Crippen LogP contribution >= 0.6 is 11.8 Å². The highest BCUT2D eigenvalue weighted by atomic mass is 32.2. The molecule has 3 N–H and O–H groups in total.